The van der Waals surface area contributed by atoms with Gasteiger partial charge in [0.15, 0.2) is 10.8 Å². The predicted molar refractivity (Wildman–Crippen MR) is 121 cm³/mol. The summed E-state index contributed by atoms with van der Waals surface area (Å²) < 4.78 is 33.2. The maximum Gasteiger partial charge on any atom is 0.362 e. The van der Waals surface area contributed by atoms with Gasteiger partial charge in [0, 0.05) is 37.9 Å². The number of aromatic nitrogens is 1. The zero-order valence-electron chi connectivity index (χ0n) is 18.4. The van der Waals surface area contributed by atoms with Crippen LogP contribution in [0.15, 0.2) is 10.5 Å². The smallest absolute Gasteiger partial charge is 0.362 e. The molecule has 3 fully saturated rings. The molecule has 1 aromatic rings. The van der Waals surface area contributed by atoms with Crippen LogP contribution in [0.5, 0.6) is 0 Å². The van der Waals surface area contributed by atoms with E-state index < -0.39 is 63.6 Å². The van der Waals surface area contributed by atoms with Crippen molar-refractivity contribution in [3.8, 4) is 0 Å². The van der Waals surface area contributed by atoms with Crippen molar-refractivity contribution in [2.45, 2.75) is 36.6 Å². The van der Waals surface area contributed by atoms with Crippen molar-refractivity contribution >= 4 is 56.3 Å². The predicted octanol–water partition coefficient (Wildman–Crippen LogP) is -3.09. The lowest BCUT2D eigenvalue weighted by Gasteiger charge is -2.45. The molecule has 17 nitrogen and oxygen atoms in total. The number of nitrogens with one attached hydrogen (secondary N) is 2. The molecule has 0 spiro atoms. The van der Waals surface area contributed by atoms with Crippen molar-refractivity contribution in [3.05, 3.63) is 11.1 Å². The molecule has 0 aromatic carbocycles. The molecule has 1 aromatic heterocycles. The number of hydrogen-bond acceptors (Lipinski definition) is 12. The average Bonchev–Trinajstić information content (AvgIpc) is 3.34. The molecule has 3 heterocycles. The van der Waals surface area contributed by atoms with E-state index in [2.05, 4.69) is 20.8 Å². The van der Waals surface area contributed by atoms with Crippen LogP contribution in [0.2, 0.25) is 0 Å². The van der Waals surface area contributed by atoms with Gasteiger partial charge in [0.05, 0.1) is 12.1 Å². The van der Waals surface area contributed by atoms with Crippen molar-refractivity contribution in [2.75, 3.05) is 25.4 Å². The molecule has 2 saturated heterocycles. The van der Waals surface area contributed by atoms with Crippen LogP contribution in [-0.2, 0) is 29.5 Å². The van der Waals surface area contributed by atoms with E-state index in [-0.39, 0.29) is 47.6 Å². The number of amides is 4. The monoisotopic (exact) mass is 546 g/mol. The summed E-state index contributed by atoms with van der Waals surface area (Å²) in [7, 11) is -5.01. The number of rotatable bonds is 10. The second kappa shape index (κ2) is 9.15. The number of hydrogen-bond donors (Lipinski definition) is 6. The molecule has 1 aliphatic carbocycles. The lowest BCUT2D eigenvalue weighted by Crippen LogP contribution is -2.74. The van der Waals surface area contributed by atoms with Gasteiger partial charge < -0.3 is 36.9 Å². The van der Waals surface area contributed by atoms with Crippen LogP contribution >= 0.6 is 11.3 Å². The Labute approximate surface area is 207 Å². The van der Waals surface area contributed by atoms with Crippen molar-refractivity contribution in [1.29, 1.82) is 0 Å². The number of nitrogens with two attached hydrogens (primary N) is 2. The highest BCUT2D eigenvalue weighted by molar-refractivity contribution is 7.84. The fourth-order valence-electron chi connectivity index (χ4n) is 3.72. The van der Waals surface area contributed by atoms with Gasteiger partial charge in [0.25, 0.3) is 11.8 Å². The Morgan fingerprint density at radius 2 is 2.08 bits per heavy atom. The first-order valence-corrected chi connectivity index (χ1v) is 12.7. The van der Waals surface area contributed by atoms with Crippen LogP contribution in [0, 0.1) is 0 Å². The summed E-state index contributed by atoms with van der Waals surface area (Å²) in [5, 5.41) is 19.2. The number of thiazole rings is 1. The Kier molecular flexibility index (Phi) is 6.49. The van der Waals surface area contributed by atoms with Crippen molar-refractivity contribution < 1.29 is 42.1 Å². The number of nitrogens with zero attached hydrogens (tertiary/aromatic N) is 4. The zero-order chi connectivity index (χ0) is 26.4. The molecule has 196 valence electrons. The first-order valence-electron chi connectivity index (χ1n) is 10.4. The summed E-state index contributed by atoms with van der Waals surface area (Å²) in [6.45, 7) is -0.133. The molecule has 1 saturated carbocycles. The maximum absolute atomic E-state index is 13.1. The summed E-state index contributed by atoms with van der Waals surface area (Å²) in [4.78, 5) is 59.4. The fraction of sp³-hybridized carbons (Fsp3) is 0.529. The Morgan fingerprint density at radius 3 is 2.58 bits per heavy atom. The highest BCUT2D eigenvalue weighted by atomic mass is 32.2. The van der Waals surface area contributed by atoms with Gasteiger partial charge in [-0.3, -0.25) is 14.1 Å². The molecule has 0 radical (unpaired) electrons. The molecular weight excluding hydrogens is 524 g/mol. The molecule has 19 heteroatoms. The Balaban J connectivity index is 1.56. The molecular formula is C17H22N8O9S2. The molecule has 3 atom stereocenters. The summed E-state index contributed by atoms with van der Waals surface area (Å²) >= 11 is 0.958. The van der Waals surface area contributed by atoms with Gasteiger partial charge in [0.1, 0.15) is 11.7 Å². The second-order valence-corrected chi connectivity index (χ2v) is 10.5. The molecule has 1 unspecified atom stereocenters. The van der Waals surface area contributed by atoms with Crippen molar-refractivity contribution in [2.24, 2.45) is 10.9 Å². The van der Waals surface area contributed by atoms with Gasteiger partial charge in [-0.05, 0) is 0 Å². The standard InChI is InChI=1S/C17H22N8O9S2/c18-3-7-4-24(16(30)20-7)5-9-11(13(27)25(9)36(31,32)33)22-12(26)10(8-6-35-15(19)21-8)23-34-17(1-2-17)14(28)29/h6-7,9,11H,1-5,18H2,(H2,19,21)(H,20,30)(H,22,26)(H,28,29)(H,31,32,33)/t7?,9-,11+/m1/s1. The number of anilines is 1. The third kappa shape index (κ3) is 4.76. The number of aliphatic carboxylic acids is 1. The van der Waals surface area contributed by atoms with E-state index in [4.69, 9.17) is 16.3 Å². The second-order valence-electron chi connectivity index (χ2n) is 8.32. The van der Waals surface area contributed by atoms with Gasteiger partial charge in [-0.1, -0.05) is 5.16 Å². The number of nitrogen functional groups attached to an aromatic ring is 1. The van der Waals surface area contributed by atoms with E-state index in [0.29, 0.717) is 0 Å². The Bertz CT molecular complexity index is 1240. The molecule has 0 bridgehead atoms. The van der Waals surface area contributed by atoms with E-state index in [0.717, 1.165) is 11.3 Å². The molecule has 4 amide bonds. The summed E-state index contributed by atoms with van der Waals surface area (Å²) in [5.74, 6) is -3.49. The van der Waals surface area contributed by atoms with E-state index in [1.54, 1.807) is 0 Å². The molecule has 4 rings (SSSR count). The minimum Gasteiger partial charge on any atom is -0.478 e. The largest absolute Gasteiger partial charge is 0.478 e. The SMILES string of the molecule is NCC1CN(C[C@@H]2[C@H](NC(=O)C(=NOC3(C(=O)O)CC3)c3csc(N)n3)C(=O)N2S(=O)(=O)O)C(=O)N1. The number of carbonyl (C=O) groups is 4. The van der Waals surface area contributed by atoms with Gasteiger partial charge in [-0.25, -0.2) is 18.9 Å². The minimum atomic E-state index is -5.01. The summed E-state index contributed by atoms with van der Waals surface area (Å²) in [5.41, 5.74) is 8.99. The van der Waals surface area contributed by atoms with Gasteiger partial charge in [0.2, 0.25) is 5.60 Å². The van der Waals surface area contributed by atoms with Crippen LogP contribution in [-0.4, -0.2) is 105 Å². The van der Waals surface area contributed by atoms with Crippen LogP contribution in [0.3, 0.4) is 0 Å². The molecule has 8 N–H and O–H groups in total. The lowest BCUT2D eigenvalue weighted by atomic mass is 9.97. The molecule has 36 heavy (non-hydrogen) atoms. The maximum atomic E-state index is 13.1. The normalized spacial score (nSPS) is 25.3. The third-order valence-corrected chi connectivity index (χ3v) is 7.46. The summed E-state index contributed by atoms with van der Waals surface area (Å²) in [6.07, 6.45) is 0.322. The quantitative estimate of drug-likeness (QED) is 0.0738. The van der Waals surface area contributed by atoms with E-state index in [1.165, 1.54) is 10.3 Å². The van der Waals surface area contributed by atoms with Gasteiger partial charge in [-0.2, -0.15) is 8.42 Å². The zero-order valence-corrected chi connectivity index (χ0v) is 20.0. The summed E-state index contributed by atoms with van der Waals surface area (Å²) in [6, 6.07) is -3.81. The highest BCUT2D eigenvalue weighted by Gasteiger charge is 2.56. The highest BCUT2D eigenvalue weighted by Crippen LogP contribution is 2.40. The minimum absolute atomic E-state index is 0.0644. The average molecular weight is 547 g/mol. The van der Waals surface area contributed by atoms with Crippen LogP contribution in [0.25, 0.3) is 0 Å². The topological polar surface area (TPSA) is 260 Å². The molecule has 2 aliphatic heterocycles. The van der Waals surface area contributed by atoms with E-state index >= 15 is 0 Å². The first kappa shape index (κ1) is 25.5. The van der Waals surface area contributed by atoms with E-state index in [1.807, 2.05) is 0 Å². The number of carbonyl (C=O) groups excluding carboxylic acids is 3. The van der Waals surface area contributed by atoms with Gasteiger partial charge in [-0.15, -0.1) is 11.3 Å². The first-order chi connectivity index (χ1) is 16.9. The number of carboxylic acid groups (broad SMARTS) is 1. The van der Waals surface area contributed by atoms with Crippen molar-refractivity contribution in [3.63, 3.8) is 0 Å². The molecule has 3 aliphatic rings. The number of urea groups is 1. The van der Waals surface area contributed by atoms with Crippen LogP contribution < -0.4 is 22.1 Å². The van der Waals surface area contributed by atoms with Crippen molar-refractivity contribution in [1.82, 2.24) is 24.8 Å². The van der Waals surface area contributed by atoms with Gasteiger partial charge >= 0.3 is 22.3 Å². The Hall–Kier alpha value is -3.55. The third-order valence-electron chi connectivity index (χ3n) is 5.84. The number of carboxylic acids is 1. The van der Waals surface area contributed by atoms with Crippen LogP contribution in [0.4, 0.5) is 9.93 Å². The number of oxime groups is 1. The number of β-lactam (4-membered cyclic amide) rings is 1. The van der Waals surface area contributed by atoms with E-state index in [9.17, 15) is 37.3 Å². The van der Waals surface area contributed by atoms with Crippen LogP contribution in [0.1, 0.15) is 18.5 Å². The lowest BCUT2D eigenvalue weighted by molar-refractivity contribution is -0.153. The fourth-order valence-corrected chi connectivity index (χ4v) is 5.14. The Morgan fingerprint density at radius 1 is 1.39 bits per heavy atom.